The Kier molecular flexibility index (Phi) is 4.07. The first-order chi connectivity index (χ1) is 16.5. The van der Waals surface area contributed by atoms with Crippen LogP contribution in [0.5, 0.6) is 11.5 Å². The normalized spacial score (nSPS) is 43.5. The zero-order valence-electron chi connectivity index (χ0n) is 20.3. The molecule has 2 N–H and O–H groups in total. The van der Waals surface area contributed by atoms with Crippen molar-refractivity contribution in [1.82, 2.24) is 0 Å². The molecule has 2 aromatic carbocycles. The number of phenolic OH excluding ortho intramolecular Hbond substituents is 2. The molecule has 8 aliphatic rings. The molecular weight excluding hydrogens is 416 g/mol. The van der Waals surface area contributed by atoms with Crippen LogP contribution in [0.3, 0.4) is 0 Å². The van der Waals surface area contributed by atoms with E-state index in [1.807, 2.05) is 0 Å². The van der Waals surface area contributed by atoms with Crippen molar-refractivity contribution in [2.45, 2.75) is 87.9 Å². The lowest BCUT2D eigenvalue weighted by atomic mass is 9.48. The van der Waals surface area contributed by atoms with Crippen LogP contribution in [-0.4, -0.2) is 10.2 Å². The zero-order valence-corrected chi connectivity index (χ0v) is 20.3. The maximum absolute atomic E-state index is 11.2. The summed E-state index contributed by atoms with van der Waals surface area (Å²) in [6.45, 7) is 0. The van der Waals surface area contributed by atoms with Crippen molar-refractivity contribution < 1.29 is 10.2 Å². The Morgan fingerprint density at radius 2 is 0.765 bits per heavy atom. The van der Waals surface area contributed by atoms with Gasteiger partial charge in [-0.25, -0.2) is 0 Å². The zero-order chi connectivity index (χ0) is 22.7. The Balaban J connectivity index is 1.12. The average Bonchev–Trinajstić information content (AvgIpc) is 2.77. The number of aromatic hydroxyl groups is 2. The second-order valence-electron chi connectivity index (χ2n) is 13.9. The minimum atomic E-state index is 0.287. The van der Waals surface area contributed by atoms with Crippen LogP contribution >= 0.6 is 0 Å². The number of phenols is 2. The summed E-state index contributed by atoms with van der Waals surface area (Å²) in [5.41, 5.74) is 4.82. The van der Waals surface area contributed by atoms with Gasteiger partial charge in [0.25, 0.3) is 0 Å². The summed E-state index contributed by atoms with van der Waals surface area (Å²) in [5.74, 6) is 6.06. The molecule has 8 saturated carbocycles. The lowest BCUT2D eigenvalue weighted by molar-refractivity contribution is -0.00539. The fourth-order valence-electron chi connectivity index (χ4n) is 11.1. The van der Waals surface area contributed by atoms with E-state index in [1.165, 1.54) is 88.2 Å². The summed E-state index contributed by atoms with van der Waals surface area (Å²) in [7, 11) is 0. The van der Waals surface area contributed by atoms with E-state index in [1.54, 1.807) is 0 Å². The third-order valence-electron chi connectivity index (χ3n) is 11.6. The van der Waals surface area contributed by atoms with Crippen LogP contribution in [0.1, 0.15) is 88.2 Å². The third-order valence-corrected chi connectivity index (χ3v) is 11.6. The number of benzene rings is 2. The molecule has 0 saturated heterocycles. The van der Waals surface area contributed by atoms with Crippen LogP contribution in [0.25, 0.3) is 11.1 Å². The molecule has 10 rings (SSSR count). The second kappa shape index (κ2) is 6.83. The van der Waals surface area contributed by atoms with E-state index in [2.05, 4.69) is 36.4 Å². The van der Waals surface area contributed by atoms with E-state index in [0.717, 1.165) is 46.6 Å². The van der Waals surface area contributed by atoms with Gasteiger partial charge in [-0.3, -0.25) is 0 Å². The Morgan fingerprint density at radius 1 is 0.471 bits per heavy atom. The molecule has 2 heteroatoms. The Morgan fingerprint density at radius 3 is 1.03 bits per heavy atom. The predicted octanol–water partition coefficient (Wildman–Crippen LogP) is 7.70. The van der Waals surface area contributed by atoms with Gasteiger partial charge in [-0.05, 0) is 147 Å². The summed E-state index contributed by atoms with van der Waals surface area (Å²) in [5, 5.41) is 22.3. The van der Waals surface area contributed by atoms with Gasteiger partial charge >= 0.3 is 0 Å². The molecule has 34 heavy (non-hydrogen) atoms. The number of hydrogen-bond donors (Lipinski definition) is 2. The molecule has 0 unspecified atom stereocenters. The second-order valence-corrected chi connectivity index (χ2v) is 13.9. The van der Waals surface area contributed by atoms with Gasteiger partial charge in [-0.1, -0.05) is 24.3 Å². The first kappa shape index (κ1) is 20.3. The highest BCUT2D eigenvalue weighted by molar-refractivity contribution is 5.76. The van der Waals surface area contributed by atoms with Crippen molar-refractivity contribution in [3.05, 3.63) is 47.5 Å². The molecule has 8 fully saturated rings. The van der Waals surface area contributed by atoms with Gasteiger partial charge in [0.2, 0.25) is 0 Å². The van der Waals surface area contributed by atoms with Crippen molar-refractivity contribution in [2.24, 2.45) is 35.5 Å². The van der Waals surface area contributed by atoms with E-state index in [0.29, 0.717) is 11.5 Å². The summed E-state index contributed by atoms with van der Waals surface area (Å²) < 4.78 is 0. The molecule has 0 atom stereocenters. The molecule has 0 heterocycles. The van der Waals surface area contributed by atoms with E-state index in [-0.39, 0.29) is 10.8 Å². The average molecular weight is 455 g/mol. The minimum Gasteiger partial charge on any atom is -0.507 e. The van der Waals surface area contributed by atoms with Gasteiger partial charge in [-0.15, -0.1) is 0 Å². The van der Waals surface area contributed by atoms with Gasteiger partial charge in [-0.2, -0.15) is 0 Å². The summed E-state index contributed by atoms with van der Waals surface area (Å²) in [6, 6.07) is 12.8. The smallest absolute Gasteiger partial charge is 0.123 e. The lowest BCUT2D eigenvalue weighted by Crippen LogP contribution is -2.48. The predicted molar refractivity (Wildman–Crippen MR) is 135 cm³/mol. The van der Waals surface area contributed by atoms with Crippen molar-refractivity contribution in [1.29, 1.82) is 0 Å². The van der Waals surface area contributed by atoms with Crippen LogP contribution in [-0.2, 0) is 10.8 Å². The molecule has 178 valence electrons. The fraction of sp³-hybridized carbons (Fsp3) is 0.625. The van der Waals surface area contributed by atoms with Gasteiger partial charge < -0.3 is 10.2 Å². The standard InChI is InChI=1S/C32H38O2/c33-29-11-25(31-13-19-5-20(14-31)7-21(6-19)15-31)1-3-27(29)28-4-2-26(12-30(28)34)32-16-22-8-23(17-32)10-24(9-22)18-32/h1-4,11-12,19-24,33-34H,5-10,13-18H2. The summed E-state index contributed by atoms with van der Waals surface area (Å²) >= 11 is 0. The SMILES string of the molecule is Oc1cc(C23CC4CC(CC(C4)C2)C3)ccc1-c1ccc(C23CC4CC(CC(C4)C2)C3)cc1O. The summed E-state index contributed by atoms with van der Waals surface area (Å²) in [6.07, 6.45) is 16.5. The topological polar surface area (TPSA) is 40.5 Å². The molecule has 0 spiro atoms. The first-order valence-corrected chi connectivity index (χ1v) is 14.1. The highest BCUT2D eigenvalue weighted by Crippen LogP contribution is 2.62. The van der Waals surface area contributed by atoms with Gasteiger partial charge in [0.15, 0.2) is 0 Å². The first-order valence-electron chi connectivity index (χ1n) is 14.1. The molecule has 0 radical (unpaired) electrons. The maximum Gasteiger partial charge on any atom is 0.123 e. The van der Waals surface area contributed by atoms with Gasteiger partial charge in [0.1, 0.15) is 11.5 Å². The molecule has 0 aromatic heterocycles. The largest absolute Gasteiger partial charge is 0.507 e. The van der Waals surface area contributed by atoms with Crippen LogP contribution in [0.4, 0.5) is 0 Å². The number of hydrogen-bond acceptors (Lipinski definition) is 2. The molecule has 2 nitrogen and oxygen atoms in total. The highest BCUT2D eigenvalue weighted by atomic mass is 16.3. The molecule has 8 bridgehead atoms. The van der Waals surface area contributed by atoms with Crippen molar-refractivity contribution >= 4 is 0 Å². The van der Waals surface area contributed by atoms with Crippen LogP contribution < -0.4 is 0 Å². The molecule has 8 aliphatic carbocycles. The van der Waals surface area contributed by atoms with E-state index >= 15 is 0 Å². The number of rotatable bonds is 3. The molecular formula is C32H38O2. The summed E-state index contributed by atoms with van der Waals surface area (Å²) in [4.78, 5) is 0. The van der Waals surface area contributed by atoms with E-state index in [9.17, 15) is 10.2 Å². The van der Waals surface area contributed by atoms with E-state index in [4.69, 9.17) is 0 Å². The van der Waals surface area contributed by atoms with E-state index < -0.39 is 0 Å². The Labute approximate surface area is 203 Å². The Hall–Kier alpha value is -1.96. The molecule has 2 aromatic rings. The monoisotopic (exact) mass is 454 g/mol. The minimum absolute atomic E-state index is 0.287. The Bertz CT molecular complexity index is 998. The maximum atomic E-state index is 11.2. The molecule has 0 aliphatic heterocycles. The van der Waals surface area contributed by atoms with Crippen LogP contribution in [0.15, 0.2) is 36.4 Å². The third kappa shape index (κ3) is 2.86. The quantitative estimate of drug-likeness (QED) is 0.499. The lowest BCUT2D eigenvalue weighted by Gasteiger charge is -2.57. The van der Waals surface area contributed by atoms with Gasteiger partial charge in [0, 0.05) is 11.1 Å². The van der Waals surface area contributed by atoms with Crippen molar-refractivity contribution in [3.8, 4) is 22.6 Å². The van der Waals surface area contributed by atoms with Crippen LogP contribution in [0.2, 0.25) is 0 Å². The van der Waals surface area contributed by atoms with Crippen molar-refractivity contribution in [3.63, 3.8) is 0 Å². The highest BCUT2D eigenvalue weighted by Gasteiger charge is 2.53. The van der Waals surface area contributed by atoms with Crippen LogP contribution in [0, 0.1) is 35.5 Å². The molecule has 0 amide bonds. The fourth-order valence-corrected chi connectivity index (χ4v) is 11.1. The van der Waals surface area contributed by atoms with Crippen molar-refractivity contribution in [2.75, 3.05) is 0 Å². The van der Waals surface area contributed by atoms with Gasteiger partial charge in [0.05, 0.1) is 0 Å².